The summed E-state index contributed by atoms with van der Waals surface area (Å²) in [6.07, 6.45) is 1.45. The molecular formula is C21H34N4O2S. The molecule has 1 aromatic carbocycles. The van der Waals surface area contributed by atoms with Crippen LogP contribution in [0.2, 0.25) is 0 Å². The molecule has 156 valence electrons. The quantitative estimate of drug-likeness (QED) is 0.736. The molecular weight excluding hydrogens is 372 g/mol. The monoisotopic (exact) mass is 406 g/mol. The number of likely N-dealkylation sites (tertiary alicyclic amines) is 1. The Morgan fingerprint density at radius 3 is 2.54 bits per heavy atom. The zero-order chi connectivity index (χ0) is 20.1. The van der Waals surface area contributed by atoms with E-state index in [4.69, 9.17) is 4.74 Å². The van der Waals surface area contributed by atoms with Gasteiger partial charge in [0.1, 0.15) is 5.75 Å². The highest BCUT2D eigenvalue weighted by molar-refractivity contribution is 7.80. The fraction of sp³-hybridized carbons (Fsp3) is 0.667. The number of likely N-dealkylation sites (N-methyl/N-ethyl adjacent to an activating group) is 1. The van der Waals surface area contributed by atoms with Crippen molar-refractivity contribution in [2.45, 2.75) is 43.6 Å². The molecule has 0 spiro atoms. The number of nitrogens with one attached hydrogen (secondary N) is 1. The van der Waals surface area contributed by atoms with Crippen LogP contribution in [0.5, 0.6) is 5.75 Å². The van der Waals surface area contributed by atoms with E-state index in [9.17, 15) is 4.79 Å². The number of carbonyl (C=O) groups is 1. The van der Waals surface area contributed by atoms with Gasteiger partial charge in [0, 0.05) is 50.7 Å². The van der Waals surface area contributed by atoms with E-state index in [1.54, 1.807) is 12.1 Å². The second-order valence-corrected chi connectivity index (χ2v) is 9.09. The molecule has 0 radical (unpaired) electrons. The van der Waals surface area contributed by atoms with Crippen molar-refractivity contribution >= 4 is 18.7 Å². The van der Waals surface area contributed by atoms with Gasteiger partial charge in [-0.2, -0.15) is 12.6 Å². The number of ether oxygens (including phenoxy) is 1. The summed E-state index contributed by atoms with van der Waals surface area (Å²) in [6.45, 7) is 10.2. The smallest absolute Gasteiger partial charge is 0.410 e. The molecule has 0 aromatic heterocycles. The lowest BCUT2D eigenvalue weighted by molar-refractivity contribution is 0.0505. The van der Waals surface area contributed by atoms with E-state index in [1.165, 1.54) is 0 Å². The highest BCUT2D eigenvalue weighted by atomic mass is 32.1. The number of carbonyl (C=O) groups excluding carboxylic acids is 1. The molecule has 2 saturated heterocycles. The number of thiol groups is 1. The van der Waals surface area contributed by atoms with Crippen molar-refractivity contribution in [2.24, 2.45) is 0 Å². The van der Waals surface area contributed by atoms with Crippen molar-refractivity contribution in [1.82, 2.24) is 20.0 Å². The molecule has 0 aliphatic carbocycles. The third-order valence-electron chi connectivity index (χ3n) is 6.17. The summed E-state index contributed by atoms with van der Waals surface area (Å²) in [7, 11) is 2.18. The fourth-order valence-corrected chi connectivity index (χ4v) is 4.41. The summed E-state index contributed by atoms with van der Waals surface area (Å²) < 4.78 is 5.54. The zero-order valence-corrected chi connectivity index (χ0v) is 18.2. The Bertz CT molecular complexity index is 635. The first-order chi connectivity index (χ1) is 13.4. The minimum Gasteiger partial charge on any atom is -0.410 e. The van der Waals surface area contributed by atoms with Crippen molar-refractivity contribution < 1.29 is 9.53 Å². The minimum absolute atomic E-state index is 0.234. The second-order valence-electron chi connectivity index (χ2n) is 8.34. The van der Waals surface area contributed by atoms with Crippen molar-refractivity contribution in [3.8, 4) is 5.75 Å². The lowest BCUT2D eigenvalue weighted by atomic mass is 9.86. The number of piperidine rings is 1. The average Bonchev–Trinajstić information content (AvgIpc) is 2.66. The molecule has 1 amide bonds. The summed E-state index contributed by atoms with van der Waals surface area (Å²) in [6, 6.07) is 9.79. The van der Waals surface area contributed by atoms with Crippen LogP contribution in [0.4, 0.5) is 4.79 Å². The van der Waals surface area contributed by atoms with Gasteiger partial charge in [-0.15, -0.1) is 0 Å². The number of para-hydroxylation sites is 1. The summed E-state index contributed by atoms with van der Waals surface area (Å²) >= 11 is 4.58. The number of amides is 1. The van der Waals surface area contributed by atoms with E-state index in [0.29, 0.717) is 11.8 Å². The largest absolute Gasteiger partial charge is 0.413 e. The van der Waals surface area contributed by atoms with E-state index in [2.05, 4.69) is 53.5 Å². The lowest BCUT2D eigenvalue weighted by Crippen LogP contribution is -2.63. The second kappa shape index (κ2) is 9.48. The molecule has 1 N–H and O–H groups in total. The number of benzene rings is 1. The molecule has 0 saturated carbocycles. The van der Waals surface area contributed by atoms with Gasteiger partial charge in [-0.05, 0) is 45.9 Å². The summed E-state index contributed by atoms with van der Waals surface area (Å²) in [5.74, 6) is 0.574. The molecule has 2 unspecified atom stereocenters. The first kappa shape index (κ1) is 21.4. The molecule has 28 heavy (non-hydrogen) atoms. The van der Waals surface area contributed by atoms with Crippen molar-refractivity contribution in [2.75, 3.05) is 46.3 Å². The van der Waals surface area contributed by atoms with Gasteiger partial charge in [-0.1, -0.05) is 18.2 Å². The third-order valence-corrected chi connectivity index (χ3v) is 6.50. The Morgan fingerprint density at radius 1 is 1.25 bits per heavy atom. The normalized spacial score (nSPS) is 25.2. The first-order valence-corrected chi connectivity index (χ1v) is 10.8. The van der Waals surface area contributed by atoms with E-state index >= 15 is 0 Å². The van der Waals surface area contributed by atoms with Gasteiger partial charge in [-0.25, -0.2) is 4.79 Å². The fourth-order valence-electron chi connectivity index (χ4n) is 4.18. The molecule has 2 atom stereocenters. The Morgan fingerprint density at radius 2 is 1.93 bits per heavy atom. The summed E-state index contributed by atoms with van der Waals surface area (Å²) in [5.41, 5.74) is -0.263. The molecule has 2 heterocycles. The molecule has 2 aliphatic heterocycles. The topological polar surface area (TPSA) is 48.1 Å². The van der Waals surface area contributed by atoms with E-state index < -0.39 is 0 Å². The number of nitrogens with zero attached hydrogens (tertiary/aromatic N) is 3. The average molecular weight is 407 g/mol. The number of hydrogen-bond acceptors (Lipinski definition) is 6. The van der Waals surface area contributed by atoms with Crippen LogP contribution in [0.1, 0.15) is 26.7 Å². The standard InChI is InChI=1S/C21H34N4O2S/c1-17-15-24(14-13-23(17)3)16-21(9-11-25(12-10-21)18(2)28)22-20(26)27-19-7-5-4-6-8-19/h4-8,17-18,28H,9-16H2,1-3H3,(H,22,26). The highest BCUT2D eigenvalue weighted by Crippen LogP contribution is 2.27. The van der Waals surface area contributed by atoms with Crippen LogP contribution in [-0.4, -0.2) is 84.1 Å². The zero-order valence-electron chi connectivity index (χ0n) is 17.3. The van der Waals surface area contributed by atoms with Crippen LogP contribution in [-0.2, 0) is 0 Å². The third kappa shape index (κ3) is 5.63. The predicted octanol–water partition coefficient (Wildman–Crippen LogP) is 2.52. The molecule has 7 heteroatoms. The molecule has 0 bridgehead atoms. The summed E-state index contributed by atoms with van der Waals surface area (Å²) in [5, 5.41) is 3.48. The molecule has 2 fully saturated rings. The van der Waals surface area contributed by atoms with Crippen molar-refractivity contribution in [3.63, 3.8) is 0 Å². The van der Waals surface area contributed by atoms with Gasteiger partial charge in [0.05, 0.1) is 5.54 Å². The van der Waals surface area contributed by atoms with Gasteiger partial charge in [0.2, 0.25) is 0 Å². The Labute approximate surface area is 174 Å². The maximum Gasteiger partial charge on any atom is 0.413 e. The van der Waals surface area contributed by atoms with Crippen molar-refractivity contribution in [3.05, 3.63) is 30.3 Å². The maximum atomic E-state index is 12.7. The van der Waals surface area contributed by atoms with Crippen LogP contribution in [0.25, 0.3) is 0 Å². The van der Waals surface area contributed by atoms with Gasteiger partial charge in [0.25, 0.3) is 0 Å². The predicted molar refractivity (Wildman–Crippen MR) is 116 cm³/mol. The lowest BCUT2D eigenvalue weighted by Gasteiger charge is -2.47. The molecule has 3 rings (SSSR count). The number of piperazine rings is 1. The highest BCUT2D eigenvalue weighted by Gasteiger charge is 2.39. The van der Waals surface area contributed by atoms with E-state index in [1.807, 2.05) is 18.2 Å². The Balaban J connectivity index is 1.67. The van der Waals surface area contributed by atoms with Gasteiger partial charge in [0.15, 0.2) is 0 Å². The van der Waals surface area contributed by atoms with E-state index in [0.717, 1.165) is 52.1 Å². The van der Waals surface area contributed by atoms with Gasteiger partial charge in [-0.3, -0.25) is 9.80 Å². The SMILES string of the molecule is CC1CN(CC2(NC(=O)Oc3ccccc3)CCN(C(C)S)CC2)CCN1C. The van der Waals surface area contributed by atoms with E-state index in [-0.39, 0.29) is 17.0 Å². The van der Waals surface area contributed by atoms with Crippen molar-refractivity contribution in [1.29, 1.82) is 0 Å². The van der Waals surface area contributed by atoms with Crippen LogP contribution < -0.4 is 10.1 Å². The Kier molecular flexibility index (Phi) is 7.25. The number of hydrogen-bond donors (Lipinski definition) is 2. The number of rotatable bonds is 5. The van der Waals surface area contributed by atoms with Crippen LogP contribution in [0.15, 0.2) is 30.3 Å². The van der Waals surface area contributed by atoms with Crippen LogP contribution in [0, 0.1) is 0 Å². The van der Waals surface area contributed by atoms with Crippen LogP contribution in [0.3, 0.4) is 0 Å². The Hall–Kier alpha value is -1.28. The van der Waals surface area contributed by atoms with Crippen LogP contribution >= 0.6 is 12.6 Å². The maximum absolute atomic E-state index is 12.7. The molecule has 6 nitrogen and oxygen atoms in total. The first-order valence-electron chi connectivity index (χ1n) is 10.3. The summed E-state index contributed by atoms with van der Waals surface area (Å²) in [4.78, 5) is 19.9. The van der Waals surface area contributed by atoms with Gasteiger partial charge >= 0.3 is 6.09 Å². The van der Waals surface area contributed by atoms with Gasteiger partial charge < -0.3 is 15.0 Å². The molecule has 1 aromatic rings. The molecule has 2 aliphatic rings. The minimum atomic E-state index is -0.360.